The van der Waals surface area contributed by atoms with E-state index in [1.807, 2.05) is 74.5 Å². The molecule has 0 saturated heterocycles. The summed E-state index contributed by atoms with van der Waals surface area (Å²) in [6.45, 7) is 4.39. The fourth-order valence-electron chi connectivity index (χ4n) is 5.08. The highest BCUT2D eigenvalue weighted by atomic mass is 16.6. The molecule has 1 aliphatic carbocycles. The van der Waals surface area contributed by atoms with Gasteiger partial charge in [-0.1, -0.05) is 74.5 Å². The number of Topliss-reactive ketones (excluding diaryl/α,β-unsaturated/α-hetero) is 1. The Bertz CT molecular complexity index is 1540. The Labute approximate surface area is 220 Å². The molecule has 0 unspecified atom stereocenters. The van der Waals surface area contributed by atoms with Crippen molar-refractivity contribution in [2.24, 2.45) is 5.41 Å². The third-order valence-corrected chi connectivity index (χ3v) is 6.85. The zero-order valence-electron chi connectivity index (χ0n) is 21.5. The first-order chi connectivity index (χ1) is 18.1. The number of carbonyl (C=O) groups excluding carboxylic acids is 2. The minimum atomic E-state index is -0.505. The molecule has 1 aliphatic rings. The average molecular weight is 509 g/mol. The molecule has 1 aromatic heterocycles. The predicted octanol–water partition coefficient (Wildman–Crippen LogP) is 5.87. The molecule has 0 fully saturated rings. The quantitative estimate of drug-likeness (QED) is 0.239. The van der Waals surface area contributed by atoms with Crippen LogP contribution in [-0.2, 0) is 13.0 Å². The smallest absolute Gasteiger partial charge is 0.295 e. The van der Waals surface area contributed by atoms with E-state index in [-0.39, 0.29) is 34.0 Å². The third kappa shape index (κ3) is 4.72. The largest absolute Gasteiger partial charge is 0.337 e. The molecule has 38 heavy (non-hydrogen) atoms. The fourth-order valence-corrected chi connectivity index (χ4v) is 5.08. The first kappa shape index (κ1) is 25.1. The number of rotatable bonds is 6. The molecular formula is C30H28N4O4. The van der Waals surface area contributed by atoms with Gasteiger partial charge in [0.2, 0.25) is 0 Å². The Morgan fingerprint density at radius 1 is 1.03 bits per heavy atom. The summed E-state index contributed by atoms with van der Waals surface area (Å²) in [6, 6.07) is 23.3. The van der Waals surface area contributed by atoms with Crippen molar-refractivity contribution in [3.8, 4) is 16.9 Å². The zero-order valence-corrected chi connectivity index (χ0v) is 21.5. The van der Waals surface area contributed by atoms with Crippen LogP contribution in [0.3, 0.4) is 0 Å². The van der Waals surface area contributed by atoms with Crippen molar-refractivity contribution in [2.75, 3.05) is 7.05 Å². The molecule has 0 N–H and O–H groups in total. The lowest BCUT2D eigenvalue weighted by molar-refractivity contribution is -0.384. The Morgan fingerprint density at radius 3 is 2.34 bits per heavy atom. The van der Waals surface area contributed by atoms with E-state index in [9.17, 15) is 19.7 Å². The van der Waals surface area contributed by atoms with E-state index in [4.69, 9.17) is 5.10 Å². The summed E-state index contributed by atoms with van der Waals surface area (Å²) in [5.41, 5.74) is 3.26. The maximum atomic E-state index is 13.3. The molecule has 0 spiro atoms. The molecule has 8 nitrogen and oxygen atoms in total. The van der Waals surface area contributed by atoms with Gasteiger partial charge in [-0.15, -0.1) is 0 Å². The molecule has 0 aliphatic heterocycles. The number of carbonyl (C=O) groups is 2. The molecule has 3 aromatic carbocycles. The Balaban J connectivity index is 1.60. The second-order valence-corrected chi connectivity index (χ2v) is 10.5. The highest BCUT2D eigenvalue weighted by Crippen LogP contribution is 2.41. The van der Waals surface area contributed by atoms with Crippen molar-refractivity contribution in [1.82, 2.24) is 14.7 Å². The molecule has 1 amide bonds. The summed E-state index contributed by atoms with van der Waals surface area (Å²) in [4.78, 5) is 39.7. The lowest BCUT2D eigenvalue weighted by Crippen LogP contribution is -2.28. The van der Waals surface area contributed by atoms with Gasteiger partial charge in [0.05, 0.1) is 16.2 Å². The zero-order chi connectivity index (χ0) is 27.0. The van der Waals surface area contributed by atoms with Gasteiger partial charge < -0.3 is 4.90 Å². The van der Waals surface area contributed by atoms with Crippen molar-refractivity contribution in [2.45, 2.75) is 33.2 Å². The van der Waals surface area contributed by atoms with E-state index in [0.29, 0.717) is 36.3 Å². The van der Waals surface area contributed by atoms with Crippen LogP contribution >= 0.6 is 0 Å². The molecule has 192 valence electrons. The highest BCUT2D eigenvalue weighted by molar-refractivity contribution is 6.04. The number of nitro benzene ring substituents is 1. The Hall–Kier alpha value is -4.59. The normalized spacial score (nSPS) is 14.1. The van der Waals surface area contributed by atoms with Gasteiger partial charge in [0.25, 0.3) is 11.6 Å². The van der Waals surface area contributed by atoms with E-state index in [0.717, 1.165) is 11.1 Å². The van der Waals surface area contributed by atoms with Gasteiger partial charge in [-0.3, -0.25) is 19.7 Å². The Kier molecular flexibility index (Phi) is 6.40. The van der Waals surface area contributed by atoms with E-state index in [1.54, 1.807) is 19.2 Å². The van der Waals surface area contributed by atoms with Gasteiger partial charge in [-0.25, -0.2) is 4.68 Å². The number of benzene rings is 3. The summed E-state index contributed by atoms with van der Waals surface area (Å²) in [7, 11) is 1.67. The predicted molar refractivity (Wildman–Crippen MR) is 144 cm³/mol. The number of fused-ring (bicyclic) bond motifs is 1. The summed E-state index contributed by atoms with van der Waals surface area (Å²) in [6.07, 6.45) is 0.903. The minimum absolute atomic E-state index is 0.0293. The number of nitro groups is 1. The van der Waals surface area contributed by atoms with Crippen LogP contribution in [0.25, 0.3) is 16.9 Å². The van der Waals surface area contributed by atoms with E-state index < -0.39 is 4.92 Å². The topological polar surface area (TPSA) is 98.3 Å². The lowest BCUT2D eigenvalue weighted by atomic mass is 9.75. The van der Waals surface area contributed by atoms with Crippen molar-refractivity contribution in [1.29, 1.82) is 0 Å². The van der Waals surface area contributed by atoms with Crippen LogP contribution < -0.4 is 0 Å². The Morgan fingerprint density at radius 2 is 1.68 bits per heavy atom. The second-order valence-electron chi connectivity index (χ2n) is 10.5. The highest BCUT2D eigenvalue weighted by Gasteiger charge is 2.38. The second kappa shape index (κ2) is 9.70. The van der Waals surface area contributed by atoms with Gasteiger partial charge >= 0.3 is 0 Å². The van der Waals surface area contributed by atoms with E-state index in [1.165, 1.54) is 15.6 Å². The van der Waals surface area contributed by atoms with Gasteiger partial charge in [-0.2, -0.15) is 5.10 Å². The monoisotopic (exact) mass is 508 g/mol. The average Bonchev–Trinajstić information content (AvgIpc) is 3.27. The number of amides is 1. The minimum Gasteiger partial charge on any atom is -0.337 e. The van der Waals surface area contributed by atoms with Crippen LogP contribution in [0.5, 0.6) is 0 Å². The maximum Gasteiger partial charge on any atom is 0.295 e. The first-order valence-corrected chi connectivity index (χ1v) is 12.4. The number of hydrogen-bond donors (Lipinski definition) is 0. The number of ketones is 1. The van der Waals surface area contributed by atoms with Crippen molar-refractivity contribution < 1.29 is 14.5 Å². The van der Waals surface area contributed by atoms with Gasteiger partial charge in [0.15, 0.2) is 5.78 Å². The van der Waals surface area contributed by atoms with Gasteiger partial charge in [0, 0.05) is 37.2 Å². The first-order valence-electron chi connectivity index (χ1n) is 12.4. The lowest BCUT2D eigenvalue weighted by Gasteiger charge is -2.29. The maximum absolute atomic E-state index is 13.3. The summed E-state index contributed by atoms with van der Waals surface area (Å²) < 4.78 is 1.52. The molecular weight excluding hydrogens is 480 g/mol. The molecule has 4 aromatic rings. The molecule has 0 bridgehead atoms. The van der Waals surface area contributed by atoms with Crippen LogP contribution in [0.15, 0.2) is 78.9 Å². The fraction of sp³-hybridized carbons (Fsp3) is 0.233. The molecule has 8 heteroatoms. The molecule has 1 heterocycles. The number of aromatic nitrogens is 2. The standard InChI is InChI=1S/C30H28N4O4/c1-30(2)17-25-27(26(35)18-30)28(21-12-8-5-9-13-21)31-33(25)23-15-14-22(16-24(23)34(37)38)29(36)32(3)19-20-10-6-4-7-11-20/h4-16H,17-19H2,1-3H3. The van der Waals surface area contributed by atoms with Crippen molar-refractivity contribution in [3.05, 3.63) is 111 Å². The molecule has 0 saturated carbocycles. The molecule has 5 rings (SSSR count). The van der Waals surface area contributed by atoms with Crippen molar-refractivity contribution in [3.63, 3.8) is 0 Å². The number of hydrogen-bond acceptors (Lipinski definition) is 5. The van der Waals surface area contributed by atoms with Gasteiger partial charge in [0.1, 0.15) is 11.4 Å². The van der Waals surface area contributed by atoms with Crippen LogP contribution in [-0.4, -0.2) is 38.3 Å². The summed E-state index contributed by atoms with van der Waals surface area (Å²) in [5, 5.41) is 17.0. The van der Waals surface area contributed by atoms with Gasteiger partial charge in [-0.05, 0) is 29.5 Å². The third-order valence-electron chi connectivity index (χ3n) is 6.85. The van der Waals surface area contributed by atoms with Crippen LogP contribution in [0, 0.1) is 15.5 Å². The number of nitrogens with zero attached hydrogens (tertiary/aromatic N) is 4. The molecule has 0 radical (unpaired) electrons. The molecule has 0 atom stereocenters. The SMILES string of the molecule is CN(Cc1ccccc1)C(=O)c1ccc(-n2nc(-c3ccccc3)c3c2CC(C)(C)CC3=O)c([N+](=O)[O-])c1. The van der Waals surface area contributed by atoms with Crippen LogP contribution in [0.2, 0.25) is 0 Å². The summed E-state index contributed by atoms with van der Waals surface area (Å²) in [5.74, 6) is -0.356. The van der Waals surface area contributed by atoms with E-state index >= 15 is 0 Å². The van der Waals surface area contributed by atoms with Crippen molar-refractivity contribution >= 4 is 17.4 Å². The van der Waals surface area contributed by atoms with Crippen LogP contribution in [0.4, 0.5) is 5.69 Å². The van der Waals surface area contributed by atoms with E-state index in [2.05, 4.69) is 0 Å². The van der Waals surface area contributed by atoms with Crippen LogP contribution in [0.1, 0.15) is 52.2 Å². The summed E-state index contributed by atoms with van der Waals surface area (Å²) >= 11 is 0.